The van der Waals surface area contributed by atoms with Gasteiger partial charge in [-0.15, -0.1) is 0 Å². The highest BCUT2D eigenvalue weighted by Crippen LogP contribution is 2.24. The third-order valence-corrected chi connectivity index (χ3v) is 4.66. The van der Waals surface area contributed by atoms with Crippen LogP contribution in [0.1, 0.15) is 11.6 Å². The van der Waals surface area contributed by atoms with Crippen LogP contribution >= 0.6 is 0 Å². The zero-order valence-electron chi connectivity index (χ0n) is 16.0. The summed E-state index contributed by atoms with van der Waals surface area (Å²) in [5.74, 6) is 2.15. The fourth-order valence-electron chi connectivity index (χ4n) is 3.25. The number of H-pyrrole nitrogens is 1. The van der Waals surface area contributed by atoms with E-state index in [9.17, 15) is 0 Å². The van der Waals surface area contributed by atoms with Crippen molar-refractivity contribution in [3.63, 3.8) is 0 Å². The molecule has 5 aromatic rings. The molecule has 2 N–H and O–H groups in total. The number of nitrogens with one attached hydrogen (secondary N) is 2. The first-order valence-electron chi connectivity index (χ1n) is 9.19. The summed E-state index contributed by atoms with van der Waals surface area (Å²) in [7, 11) is 0. The maximum absolute atomic E-state index is 4.66. The van der Waals surface area contributed by atoms with Crippen LogP contribution in [0.3, 0.4) is 0 Å². The average molecular weight is 382 g/mol. The van der Waals surface area contributed by atoms with Crippen LogP contribution in [0.2, 0.25) is 0 Å². The van der Waals surface area contributed by atoms with Crippen molar-refractivity contribution in [3.8, 4) is 16.8 Å². The lowest BCUT2D eigenvalue weighted by Crippen LogP contribution is -2.00. The van der Waals surface area contributed by atoms with Gasteiger partial charge in [0.2, 0.25) is 5.95 Å². The first-order chi connectivity index (χ1) is 14.2. The van der Waals surface area contributed by atoms with E-state index in [-0.39, 0.29) is 0 Å². The largest absolute Gasteiger partial charge is 0.324 e. The smallest absolute Gasteiger partial charge is 0.227 e. The zero-order valence-corrected chi connectivity index (χ0v) is 16.0. The summed E-state index contributed by atoms with van der Waals surface area (Å²) < 4.78 is 1.82. The molecule has 0 bridgehead atoms. The lowest BCUT2D eigenvalue weighted by atomic mass is 10.1. The van der Waals surface area contributed by atoms with Crippen LogP contribution in [-0.4, -0.2) is 34.9 Å². The topological polar surface area (TPSA) is 97.2 Å². The normalized spacial score (nSPS) is 11.1. The van der Waals surface area contributed by atoms with Gasteiger partial charge in [0.05, 0.1) is 17.4 Å². The molecule has 29 heavy (non-hydrogen) atoms. The molecular weight excluding hydrogens is 364 g/mol. The van der Waals surface area contributed by atoms with Crippen molar-refractivity contribution < 1.29 is 0 Å². The van der Waals surface area contributed by atoms with Crippen molar-refractivity contribution in [2.45, 2.75) is 13.8 Å². The van der Waals surface area contributed by atoms with E-state index in [4.69, 9.17) is 0 Å². The molecule has 5 rings (SSSR count). The zero-order chi connectivity index (χ0) is 19.8. The van der Waals surface area contributed by atoms with Gasteiger partial charge in [0.25, 0.3) is 0 Å². The van der Waals surface area contributed by atoms with Crippen molar-refractivity contribution in [3.05, 3.63) is 72.7 Å². The number of rotatable bonds is 4. The third kappa shape index (κ3) is 3.31. The molecule has 0 atom stereocenters. The minimum Gasteiger partial charge on any atom is -0.324 e. The Bertz CT molecular complexity index is 1290. The molecule has 0 spiro atoms. The number of aryl methyl sites for hydroxylation is 2. The maximum Gasteiger partial charge on any atom is 0.227 e. The minimum atomic E-state index is 0.544. The van der Waals surface area contributed by atoms with Gasteiger partial charge in [-0.3, -0.25) is 5.10 Å². The number of hydrogen-bond acceptors (Lipinski definition) is 6. The molecule has 142 valence electrons. The highest BCUT2D eigenvalue weighted by Gasteiger charge is 2.07. The number of fused-ring (bicyclic) bond motifs is 1. The molecule has 3 heterocycles. The summed E-state index contributed by atoms with van der Waals surface area (Å²) in [4.78, 5) is 13.4. The van der Waals surface area contributed by atoms with E-state index in [0.29, 0.717) is 5.95 Å². The first-order valence-corrected chi connectivity index (χ1v) is 9.19. The van der Waals surface area contributed by atoms with E-state index in [2.05, 4.69) is 35.6 Å². The van der Waals surface area contributed by atoms with Gasteiger partial charge in [-0.1, -0.05) is 12.1 Å². The molecule has 0 aliphatic heterocycles. The van der Waals surface area contributed by atoms with Gasteiger partial charge in [0, 0.05) is 29.0 Å². The number of aromatic nitrogens is 7. The Morgan fingerprint density at radius 3 is 2.52 bits per heavy atom. The van der Waals surface area contributed by atoms with Crippen LogP contribution in [-0.2, 0) is 0 Å². The number of anilines is 2. The van der Waals surface area contributed by atoms with E-state index in [1.165, 1.54) is 0 Å². The standard InChI is InChI=1S/C21H18N8/c1-13-25-14(2)29(28-13)19-7-5-18(6-8-19)26-21-22-10-16-4-3-15(9-20(16)27-21)17-11-23-24-12-17/h3-12H,1-2H3,(H,23,24)(H,22,26,27). The summed E-state index contributed by atoms with van der Waals surface area (Å²) in [5.41, 5.74) is 4.80. The van der Waals surface area contributed by atoms with Crippen LogP contribution in [0.5, 0.6) is 0 Å². The van der Waals surface area contributed by atoms with Crippen LogP contribution in [0, 0.1) is 13.8 Å². The fourth-order valence-corrected chi connectivity index (χ4v) is 3.25. The minimum absolute atomic E-state index is 0.544. The highest BCUT2D eigenvalue weighted by molar-refractivity contribution is 5.84. The van der Waals surface area contributed by atoms with E-state index in [1.54, 1.807) is 6.20 Å². The number of nitrogens with zero attached hydrogens (tertiary/aromatic N) is 6. The van der Waals surface area contributed by atoms with E-state index in [1.807, 2.05) is 73.4 Å². The number of hydrogen-bond donors (Lipinski definition) is 2. The van der Waals surface area contributed by atoms with Crippen LogP contribution < -0.4 is 5.32 Å². The van der Waals surface area contributed by atoms with E-state index in [0.717, 1.165) is 45.1 Å². The number of aromatic amines is 1. The second-order valence-corrected chi connectivity index (χ2v) is 6.74. The van der Waals surface area contributed by atoms with Crippen molar-refractivity contribution in [2.75, 3.05) is 5.32 Å². The summed E-state index contributed by atoms with van der Waals surface area (Å²) in [6.07, 6.45) is 5.47. The molecule has 0 amide bonds. The monoisotopic (exact) mass is 382 g/mol. The summed E-state index contributed by atoms with van der Waals surface area (Å²) in [5, 5.41) is 15.5. The van der Waals surface area contributed by atoms with Gasteiger partial charge < -0.3 is 5.32 Å². The quantitative estimate of drug-likeness (QED) is 0.488. The van der Waals surface area contributed by atoms with Crippen molar-refractivity contribution in [1.82, 2.24) is 34.9 Å². The molecule has 0 saturated heterocycles. The Balaban J connectivity index is 1.41. The SMILES string of the molecule is Cc1nc(C)n(-c2ccc(Nc3ncc4ccc(-c5cn[nH]c5)cc4n3)cc2)n1. The van der Waals surface area contributed by atoms with Crippen molar-refractivity contribution >= 4 is 22.5 Å². The second-order valence-electron chi connectivity index (χ2n) is 6.74. The summed E-state index contributed by atoms with van der Waals surface area (Å²) in [6, 6.07) is 14.0. The lowest BCUT2D eigenvalue weighted by Gasteiger charge is -2.08. The second kappa shape index (κ2) is 6.83. The molecule has 0 aliphatic carbocycles. The van der Waals surface area contributed by atoms with Crippen LogP contribution in [0.4, 0.5) is 11.6 Å². The van der Waals surface area contributed by atoms with Gasteiger partial charge in [0.1, 0.15) is 11.6 Å². The molecular formula is C21H18N8. The molecule has 8 nitrogen and oxygen atoms in total. The summed E-state index contributed by atoms with van der Waals surface area (Å²) in [6.45, 7) is 3.82. The first kappa shape index (κ1) is 17.1. The Morgan fingerprint density at radius 1 is 0.931 bits per heavy atom. The van der Waals surface area contributed by atoms with Gasteiger partial charge in [-0.2, -0.15) is 10.2 Å². The molecule has 3 aromatic heterocycles. The van der Waals surface area contributed by atoms with E-state index < -0.39 is 0 Å². The Labute approximate surface area is 166 Å². The maximum atomic E-state index is 4.66. The van der Waals surface area contributed by atoms with Gasteiger partial charge in [-0.05, 0) is 49.7 Å². The van der Waals surface area contributed by atoms with E-state index >= 15 is 0 Å². The molecule has 0 saturated carbocycles. The summed E-state index contributed by atoms with van der Waals surface area (Å²) >= 11 is 0. The lowest BCUT2D eigenvalue weighted by molar-refractivity contribution is 0.831. The molecule has 0 aliphatic rings. The average Bonchev–Trinajstić information content (AvgIpc) is 3.38. The third-order valence-electron chi connectivity index (χ3n) is 4.66. The van der Waals surface area contributed by atoms with Gasteiger partial charge in [0.15, 0.2) is 0 Å². The predicted octanol–water partition coefficient (Wildman–Crippen LogP) is 3.96. The Hall–Kier alpha value is -4.07. The molecule has 0 unspecified atom stereocenters. The molecule has 0 radical (unpaired) electrons. The Morgan fingerprint density at radius 2 is 1.79 bits per heavy atom. The van der Waals surface area contributed by atoms with Gasteiger partial charge >= 0.3 is 0 Å². The van der Waals surface area contributed by atoms with Crippen molar-refractivity contribution in [1.29, 1.82) is 0 Å². The van der Waals surface area contributed by atoms with Gasteiger partial charge in [-0.25, -0.2) is 19.6 Å². The molecule has 2 aromatic carbocycles. The van der Waals surface area contributed by atoms with Crippen LogP contribution in [0.25, 0.3) is 27.7 Å². The van der Waals surface area contributed by atoms with Crippen LogP contribution in [0.15, 0.2) is 61.1 Å². The molecule has 0 fully saturated rings. The Kier molecular flexibility index (Phi) is 4.02. The van der Waals surface area contributed by atoms with Crippen molar-refractivity contribution in [2.24, 2.45) is 0 Å². The predicted molar refractivity (Wildman–Crippen MR) is 111 cm³/mol. The number of benzene rings is 2. The molecule has 8 heteroatoms. The highest BCUT2D eigenvalue weighted by atomic mass is 15.3. The fraction of sp³-hybridized carbons (Fsp3) is 0.0952.